The summed E-state index contributed by atoms with van der Waals surface area (Å²) in [6.45, 7) is 0. The molecule has 1 aromatic rings. The number of benzene rings is 1. The molecule has 112 valence electrons. The topological polar surface area (TPSA) is 110 Å². The van der Waals surface area contributed by atoms with Gasteiger partial charge in [0.2, 0.25) is 0 Å². The molecular formula is C12H16O7S. The van der Waals surface area contributed by atoms with Crippen LogP contribution in [0.3, 0.4) is 0 Å². The van der Waals surface area contributed by atoms with Crippen LogP contribution in [0.25, 0.3) is 0 Å². The van der Waals surface area contributed by atoms with Gasteiger partial charge >= 0.3 is 5.97 Å². The minimum Gasteiger partial charge on any atom is -0.497 e. The molecule has 1 rings (SSSR count). The van der Waals surface area contributed by atoms with Crippen LogP contribution in [-0.4, -0.2) is 38.3 Å². The normalized spacial score (nSPS) is 11.2. The summed E-state index contributed by atoms with van der Waals surface area (Å²) in [5.41, 5.74) is 0.459. The number of carboxylic acids is 1. The lowest BCUT2D eigenvalue weighted by Crippen LogP contribution is -2.06. The van der Waals surface area contributed by atoms with E-state index in [1.54, 1.807) is 6.07 Å². The van der Waals surface area contributed by atoms with Crippen molar-refractivity contribution in [1.82, 2.24) is 0 Å². The smallest absolute Gasteiger partial charge is 0.303 e. The summed E-state index contributed by atoms with van der Waals surface area (Å²) in [6.07, 6.45) is 0.542. The molecule has 7 nitrogen and oxygen atoms in total. The average Bonchev–Trinajstić information content (AvgIpc) is 2.36. The van der Waals surface area contributed by atoms with E-state index in [1.807, 2.05) is 0 Å². The summed E-state index contributed by atoms with van der Waals surface area (Å²) in [5, 5.41) is 8.61. The van der Waals surface area contributed by atoms with Gasteiger partial charge in [0.05, 0.1) is 14.2 Å². The molecular weight excluding hydrogens is 288 g/mol. The number of hydrogen-bond donors (Lipinski definition) is 2. The Balaban J connectivity index is 3.23. The van der Waals surface area contributed by atoms with E-state index < -0.39 is 21.0 Å². The predicted molar refractivity (Wildman–Crippen MR) is 69.9 cm³/mol. The third-order valence-electron chi connectivity index (χ3n) is 2.66. The highest BCUT2D eigenvalue weighted by Gasteiger charge is 2.21. The first-order valence-corrected chi connectivity index (χ1v) is 7.17. The molecule has 0 amide bonds. The van der Waals surface area contributed by atoms with Crippen LogP contribution in [0.15, 0.2) is 17.0 Å². The zero-order valence-corrected chi connectivity index (χ0v) is 11.9. The van der Waals surface area contributed by atoms with Crippen LogP contribution in [0, 0.1) is 0 Å². The summed E-state index contributed by atoms with van der Waals surface area (Å²) in [7, 11) is -1.83. The molecule has 0 aromatic heterocycles. The van der Waals surface area contributed by atoms with Crippen LogP contribution >= 0.6 is 0 Å². The molecule has 0 fully saturated rings. The molecule has 1 aromatic carbocycles. The molecule has 2 N–H and O–H groups in total. The van der Waals surface area contributed by atoms with E-state index in [-0.39, 0.29) is 24.3 Å². The third kappa shape index (κ3) is 4.10. The van der Waals surface area contributed by atoms with E-state index in [2.05, 4.69) is 0 Å². The Hall–Kier alpha value is -1.80. The van der Waals surface area contributed by atoms with Gasteiger partial charge in [-0.3, -0.25) is 9.35 Å². The highest BCUT2D eigenvalue weighted by molar-refractivity contribution is 7.86. The second kappa shape index (κ2) is 6.58. The Kier molecular flexibility index (Phi) is 5.34. The molecule has 0 saturated heterocycles. The van der Waals surface area contributed by atoms with E-state index in [9.17, 15) is 17.8 Å². The van der Waals surface area contributed by atoms with Crippen molar-refractivity contribution in [1.29, 1.82) is 0 Å². The van der Waals surface area contributed by atoms with Crippen molar-refractivity contribution in [2.24, 2.45) is 0 Å². The number of aliphatic carboxylic acids is 1. The largest absolute Gasteiger partial charge is 0.497 e. The van der Waals surface area contributed by atoms with Gasteiger partial charge in [-0.05, 0) is 24.5 Å². The van der Waals surface area contributed by atoms with E-state index >= 15 is 0 Å². The second-order valence-corrected chi connectivity index (χ2v) is 5.43. The summed E-state index contributed by atoms with van der Waals surface area (Å²) in [4.78, 5) is 10.1. The fourth-order valence-electron chi connectivity index (χ4n) is 1.79. The number of rotatable bonds is 7. The van der Waals surface area contributed by atoms with Crippen LogP contribution in [0.5, 0.6) is 11.5 Å². The number of hydrogen-bond acceptors (Lipinski definition) is 5. The number of carbonyl (C=O) groups is 1. The van der Waals surface area contributed by atoms with Crippen molar-refractivity contribution in [2.45, 2.75) is 24.2 Å². The van der Waals surface area contributed by atoms with Gasteiger partial charge in [0.15, 0.2) is 0 Å². The minimum atomic E-state index is -4.46. The molecule has 0 radical (unpaired) electrons. The van der Waals surface area contributed by atoms with Gasteiger partial charge in [0, 0.05) is 12.5 Å². The molecule has 0 aliphatic heterocycles. The summed E-state index contributed by atoms with van der Waals surface area (Å²) in [6, 6.07) is 2.70. The van der Waals surface area contributed by atoms with Crippen LogP contribution in [0.2, 0.25) is 0 Å². The zero-order chi connectivity index (χ0) is 15.3. The molecule has 0 saturated carbocycles. The Bertz CT molecular complexity index is 592. The van der Waals surface area contributed by atoms with Crippen molar-refractivity contribution >= 4 is 16.1 Å². The molecule has 0 bridgehead atoms. The van der Waals surface area contributed by atoms with Crippen molar-refractivity contribution in [2.75, 3.05) is 14.2 Å². The van der Waals surface area contributed by atoms with Crippen molar-refractivity contribution < 1.29 is 32.3 Å². The molecule has 8 heteroatoms. The second-order valence-electron chi connectivity index (χ2n) is 4.04. The lowest BCUT2D eigenvalue weighted by molar-refractivity contribution is -0.137. The van der Waals surface area contributed by atoms with Gasteiger partial charge in [-0.25, -0.2) is 0 Å². The number of methoxy groups -OCH3 is 2. The predicted octanol–water partition coefficient (Wildman–Crippen LogP) is 1.36. The first-order valence-electron chi connectivity index (χ1n) is 5.73. The maximum Gasteiger partial charge on any atom is 0.303 e. The standard InChI is InChI=1S/C12H16O7S/c1-18-9-6-8(4-3-5-11(13)14)12(19-2)10(7-9)20(15,16)17/h6-7H,3-5H2,1-2H3,(H,13,14)(H,15,16,17). The fraction of sp³-hybridized carbons (Fsp3) is 0.417. The lowest BCUT2D eigenvalue weighted by atomic mass is 10.1. The zero-order valence-electron chi connectivity index (χ0n) is 11.1. The van der Waals surface area contributed by atoms with Gasteiger partial charge in [0.25, 0.3) is 10.1 Å². The molecule has 0 aliphatic rings. The molecule has 0 heterocycles. The highest BCUT2D eigenvalue weighted by atomic mass is 32.2. The summed E-state index contributed by atoms with van der Waals surface area (Å²) >= 11 is 0. The lowest BCUT2D eigenvalue weighted by Gasteiger charge is -2.13. The molecule has 0 spiro atoms. The SMILES string of the molecule is COc1cc(CCCC(=O)O)c(OC)c(S(=O)(=O)O)c1. The minimum absolute atomic E-state index is 0.00121. The first-order chi connectivity index (χ1) is 9.29. The maximum absolute atomic E-state index is 11.3. The first kappa shape index (κ1) is 16.3. The van der Waals surface area contributed by atoms with E-state index in [1.165, 1.54) is 14.2 Å². The summed E-state index contributed by atoms with van der Waals surface area (Å²) in [5.74, 6) is -0.704. The summed E-state index contributed by atoms with van der Waals surface area (Å²) < 4.78 is 41.9. The Morgan fingerprint density at radius 3 is 2.35 bits per heavy atom. The fourth-order valence-corrected chi connectivity index (χ4v) is 2.50. The van der Waals surface area contributed by atoms with E-state index in [0.717, 1.165) is 6.07 Å². The van der Waals surface area contributed by atoms with E-state index in [0.29, 0.717) is 12.0 Å². The quantitative estimate of drug-likeness (QED) is 0.732. The number of ether oxygens (including phenoxy) is 2. The van der Waals surface area contributed by atoms with Gasteiger partial charge in [-0.2, -0.15) is 8.42 Å². The molecule has 20 heavy (non-hydrogen) atoms. The van der Waals surface area contributed by atoms with Crippen LogP contribution in [0.1, 0.15) is 18.4 Å². The van der Waals surface area contributed by atoms with Crippen molar-refractivity contribution in [3.63, 3.8) is 0 Å². The van der Waals surface area contributed by atoms with Gasteiger partial charge in [-0.15, -0.1) is 0 Å². The molecule has 0 unspecified atom stereocenters. The molecule has 0 aliphatic carbocycles. The number of carboxylic acid groups (broad SMARTS) is 1. The van der Waals surface area contributed by atoms with E-state index in [4.69, 9.17) is 14.6 Å². The maximum atomic E-state index is 11.3. The highest BCUT2D eigenvalue weighted by Crippen LogP contribution is 2.33. The van der Waals surface area contributed by atoms with Crippen LogP contribution in [-0.2, 0) is 21.3 Å². The Morgan fingerprint density at radius 1 is 1.25 bits per heavy atom. The average molecular weight is 304 g/mol. The van der Waals surface area contributed by atoms with Crippen molar-refractivity contribution in [3.8, 4) is 11.5 Å². The van der Waals surface area contributed by atoms with Crippen LogP contribution < -0.4 is 9.47 Å². The Morgan fingerprint density at radius 2 is 1.90 bits per heavy atom. The third-order valence-corrected chi connectivity index (χ3v) is 3.52. The van der Waals surface area contributed by atoms with Gasteiger partial charge < -0.3 is 14.6 Å². The molecule has 0 atom stereocenters. The van der Waals surface area contributed by atoms with Gasteiger partial charge in [0.1, 0.15) is 16.4 Å². The monoisotopic (exact) mass is 304 g/mol. The van der Waals surface area contributed by atoms with Crippen molar-refractivity contribution in [3.05, 3.63) is 17.7 Å². The number of aryl methyl sites for hydroxylation is 1. The van der Waals surface area contributed by atoms with Crippen LogP contribution in [0.4, 0.5) is 0 Å². The van der Waals surface area contributed by atoms with Gasteiger partial charge in [-0.1, -0.05) is 0 Å². The Labute approximate surface area is 116 Å².